The van der Waals surface area contributed by atoms with E-state index >= 15 is 0 Å². The highest BCUT2D eigenvalue weighted by Gasteiger charge is 2.20. The van der Waals surface area contributed by atoms with Crippen molar-refractivity contribution in [1.82, 2.24) is 0 Å². The molecule has 1 aliphatic carbocycles. The van der Waals surface area contributed by atoms with Crippen LogP contribution in [0.4, 0.5) is 5.69 Å². The Morgan fingerprint density at radius 2 is 2.07 bits per heavy atom. The van der Waals surface area contributed by atoms with Gasteiger partial charge in [0.1, 0.15) is 0 Å². The second-order valence-corrected chi connectivity index (χ2v) is 3.78. The molecular weight excluding hydrogens is 184 g/mol. The predicted molar refractivity (Wildman–Crippen MR) is 61.3 cm³/mol. The second-order valence-electron chi connectivity index (χ2n) is 3.78. The van der Waals surface area contributed by atoms with Crippen LogP contribution in [-0.2, 0) is 0 Å². The number of nitrogens with zero attached hydrogens (tertiary/aromatic N) is 1. The summed E-state index contributed by atoms with van der Waals surface area (Å²) in [7, 11) is 0. The quantitative estimate of drug-likeness (QED) is 0.741. The number of hydrogen-bond donors (Lipinski definition) is 1. The Morgan fingerprint density at radius 3 is 2.80 bits per heavy atom. The Bertz CT molecular complexity index is 375. The molecule has 0 heterocycles. The lowest BCUT2D eigenvalue weighted by Crippen LogP contribution is -2.28. The number of nitriles is 1. The van der Waals surface area contributed by atoms with Crippen LogP contribution in [0, 0.1) is 17.2 Å². The monoisotopic (exact) mass is 198 g/mol. The first kappa shape index (κ1) is 9.79. The molecule has 1 aromatic rings. The molecule has 0 radical (unpaired) electrons. The van der Waals surface area contributed by atoms with Crippen molar-refractivity contribution >= 4 is 5.69 Å². The zero-order valence-corrected chi connectivity index (χ0v) is 8.56. The predicted octanol–water partition coefficient (Wildman–Crippen LogP) is 2.96. The number of anilines is 1. The molecule has 2 rings (SSSR count). The summed E-state index contributed by atoms with van der Waals surface area (Å²) in [5.41, 5.74) is 1.08. The maximum Gasteiger partial charge on any atom is 0.0703 e. The lowest BCUT2D eigenvalue weighted by Gasteiger charge is -2.24. The van der Waals surface area contributed by atoms with E-state index in [0.717, 1.165) is 18.5 Å². The molecule has 1 aromatic carbocycles. The van der Waals surface area contributed by atoms with E-state index < -0.39 is 0 Å². The molecule has 0 aromatic heterocycles. The summed E-state index contributed by atoms with van der Waals surface area (Å²) in [5, 5.41) is 12.4. The average molecular weight is 198 g/mol. The number of rotatable bonds is 2. The third kappa shape index (κ3) is 2.38. The fraction of sp³-hybridized carbons (Fsp3) is 0.308. The van der Waals surface area contributed by atoms with Gasteiger partial charge in [-0.2, -0.15) is 5.26 Å². The SMILES string of the molecule is N#C[C@H]1CCC=C[C@H]1Nc1ccccc1. The molecule has 0 aliphatic heterocycles. The zero-order valence-electron chi connectivity index (χ0n) is 8.56. The van der Waals surface area contributed by atoms with Crippen molar-refractivity contribution < 1.29 is 0 Å². The molecule has 0 spiro atoms. The highest BCUT2D eigenvalue weighted by atomic mass is 14.9. The van der Waals surface area contributed by atoms with Gasteiger partial charge in [-0.1, -0.05) is 30.4 Å². The minimum absolute atomic E-state index is 0.0928. The molecule has 2 heteroatoms. The standard InChI is InChI=1S/C13H14N2/c14-10-11-6-4-5-9-13(11)15-12-7-2-1-3-8-12/h1-3,5,7-9,11,13,15H,4,6H2/t11-,13-/m1/s1. The summed E-state index contributed by atoms with van der Waals surface area (Å²) in [6.07, 6.45) is 6.22. The van der Waals surface area contributed by atoms with Crippen LogP contribution in [0.5, 0.6) is 0 Å². The van der Waals surface area contributed by atoms with Crippen LogP contribution in [0.1, 0.15) is 12.8 Å². The molecule has 0 amide bonds. The van der Waals surface area contributed by atoms with E-state index in [-0.39, 0.29) is 12.0 Å². The van der Waals surface area contributed by atoms with Gasteiger partial charge in [0.05, 0.1) is 18.0 Å². The Hall–Kier alpha value is -1.75. The zero-order chi connectivity index (χ0) is 10.5. The molecule has 0 bridgehead atoms. The van der Waals surface area contributed by atoms with Crippen molar-refractivity contribution in [3.8, 4) is 6.07 Å². The van der Waals surface area contributed by atoms with Gasteiger partial charge in [0.15, 0.2) is 0 Å². The maximum absolute atomic E-state index is 9.02. The Kier molecular flexibility index (Phi) is 3.04. The first-order chi connectivity index (χ1) is 7.40. The van der Waals surface area contributed by atoms with Gasteiger partial charge in [-0.05, 0) is 25.0 Å². The number of allylic oxidation sites excluding steroid dienone is 1. The molecule has 2 nitrogen and oxygen atoms in total. The molecule has 0 saturated carbocycles. The van der Waals surface area contributed by atoms with Crippen molar-refractivity contribution in [2.45, 2.75) is 18.9 Å². The van der Waals surface area contributed by atoms with Gasteiger partial charge in [-0.3, -0.25) is 0 Å². The summed E-state index contributed by atoms with van der Waals surface area (Å²) in [6.45, 7) is 0. The molecule has 76 valence electrons. The van der Waals surface area contributed by atoms with Gasteiger partial charge in [-0.15, -0.1) is 0 Å². The smallest absolute Gasteiger partial charge is 0.0703 e. The molecular formula is C13H14N2. The van der Waals surface area contributed by atoms with E-state index in [1.54, 1.807) is 0 Å². The van der Waals surface area contributed by atoms with E-state index in [1.807, 2.05) is 30.3 Å². The van der Waals surface area contributed by atoms with Crippen LogP contribution in [0.15, 0.2) is 42.5 Å². The van der Waals surface area contributed by atoms with Crippen LogP contribution in [0.3, 0.4) is 0 Å². The maximum atomic E-state index is 9.02. The van der Waals surface area contributed by atoms with Crippen molar-refractivity contribution in [3.63, 3.8) is 0 Å². The first-order valence-electron chi connectivity index (χ1n) is 5.28. The number of nitrogens with one attached hydrogen (secondary N) is 1. The molecule has 2 atom stereocenters. The summed E-state index contributed by atoms with van der Waals surface area (Å²) < 4.78 is 0. The summed E-state index contributed by atoms with van der Waals surface area (Å²) in [6, 6.07) is 12.6. The number of hydrogen-bond acceptors (Lipinski definition) is 2. The van der Waals surface area contributed by atoms with Gasteiger partial charge < -0.3 is 5.32 Å². The van der Waals surface area contributed by atoms with E-state index in [2.05, 4.69) is 23.5 Å². The van der Waals surface area contributed by atoms with Crippen LogP contribution >= 0.6 is 0 Å². The highest BCUT2D eigenvalue weighted by molar-refractivity contribution is 5.45. The summed E-state index contributed by atoms with van der Waals surface area (Å²) in [4.78, 5) is 0. The van der Waals surface area contributed by atoms with Gasteiger partial charge in [0.25, 0.3) is 0 Å². The van der Waals surface area contributed by atoms with Crippen LogP contribution in [0.2, 0.25) is 0 Å². The van der Waals surface area contributed by atoms with E-state index in [0.29, 0.717) is 0 Å². The topological polar surface area (TPSA) is 35.8 Å². The third-order valence-electron chi connectivity index (χ3n) is 2.69. The van der Waals surface area contributed by atoms with Crippen molar-refractivity contribution in [2.75, 3.05) is 5.32 Å². The lowest BCUT2D eigenvalue weighted by atomic mass is 9.90. The average Bonchev–Trinajstić information content (AvgIpc) is 2.31. The van der Waals surface area contributed by atoms with Gasteiger partial charge in [0, 0.05) is 5.69 Å². The summed E-state index contributed by atoms with van der Waals surface area (Å²) >= 11 is 0. The Morgan fingerprint density at radius 1 is 1.27 bits per heavy atom. The van der Waals surface area contributed by atoms with E-state index in [1.165, 1.54) is 0 Å². The normalized spacial score (nSPS) is 24.5. The first-order valence-corrected chi connectivity index (χ1v) is 5.28. The van der Waals surface area contributed by atoms with Gasteiger partial charge >= 0.3 is 0 Å². The lowest BCUT2D eigenvalue weighted by molar-refractivity contribution is 0.550. The molecule has 1 N–H and O–H groups in total. The van der Waals surface area contributed by atoms with Crippen LogP contribution < -0.4 is 5.32 Å². The minimum Gasteiger partial charge on any atom is -0.378 e. The van der Waals surface area contributed by atoms with Crippen molar-refractivity contribution in [2.24, 2.45) is 5.92 Å². The van der Waals surface area contributed by atoms with Gasteiger partial charge in [-0.25, -0.2) is 0 Å². The number of benzene rings is 1. The Balaban J connectivity index is 2.08. The van der Waals surface area contributed by atoms with Crippen LogP contribution in [0.25, 0.3) is 0 Å². The fourth-order valence-corrected chi connectivity index (χ4v) is 1.85. The molecule has 15 heavy (non-hydrogen) atoms. The third-order valence-corrected chi connectivity index (χ3v) is 2.69. The molecule has 0 unspecified atom stereocenters. The van der Waals surface area contributed by atoms with Crippen molar-refractivity contribution in [3.05, 3.63) is 42.5 Å². The minimum atomic E-state index is 0.0928. The Labute approximate surface area is 90.2 Å². The largest absolute Gasteiger partial charge is 0.378 e. The second kappa shape index (κ2) is 4.65. The molecule has 0 saturated heterocycles. The van der Waals surface area contributed by atoms with E-state index in [4.69, 9.17) is 5.26 Å². The highest BCUT2D eigenvalue weighted by Crippen LogP contribution is 2.21. The van der Waals surface area contributed by atoms with Gasteiger partial charge in [0.2, 0.25) is 0 Å². The molecule has 1 aliphatic rings. The van der Waals surface area contributed by atoms with Crippen LogP contribution in [-0.4, -0.2) is 6.04 Å². The van der Waals surface area contributed by atoms with Crippen molar-refractivity contribution in [1.29, 1.82) is 5.26 Å². The number of para-hydroxylation sites is 1. The molecule has 0 fully saturated rings. The fourth-order valence-electron chi connectivity index (χ4n) is 1.85. The van der Waals surface area contributed by atoms with E-state index in [9.17, 15) is 0 Å². The summed E-state index contributed by atoms with van der Waals surface area (Å²) in [5.74, 6) is 0.0928.